The molecule has 0 N–H and O–H groups in total. The van der Waals surface area contributed by atoms with Crippen molar-refractivity contribution in [2.75, 3.05) is 52.1 Å². The minimum atomic E-state index is -3.15. The van der Waals surface area contributed by atoms with E-state index in [1.165, 1.54) is 10.6 Å². The summed E-state index contributed by atoms with van der Waals surface area (Å²) < 4.78 is 29.9. The summed E-state index contributed by atoms with van der Waals surface area (Å²) in [6.07, 6.45) is 1.36. The van der Waals surface area contributed by atoms with Crippen molar-refractivity contribution in [2.24, 2.45) is 0 Å². The Labute approximate surface area is 126 Å². The van der Waals surface area contributed by atoms with Crippen LogP contribution in [0.5, 0.6) is 0 Å². The van der Waals surface area contributed by atoms with Crippen LogP contribution in [0.3, 0.4) is 0 Å². The molecular weight excluding hydrogens is 294 g/mol. The van der Waals surface area contributed by atoms with Crippen molar-refractivity contribution in [2.45, 2.75) is 26.0 Å². The van der Waals surface area contributed by atoms with E-state index in [1.54, 1.807) is 4.90 Å². The van der Waals surface area contributed by atoms with Crippen LogP contribution in [0.25, 0.3) is 0 Å². The lowest BCUT2D eigenvalue weighted by Crippen LogP contribution is -2.55. The number of hydrogen-bond acceptors (Lipinski definition) is 5. The highest BCUT2D eigenvalue weighted by Crippen LogP contribution is 2.12. The molecular formula is C13H25N3O4S. The van der Waals surface area contributed by atoms with Gasteiger partial charge < -0.3 is 9.64 Å². The van der Waals surface area contributed by atoms with Crippen LogP contribution in [0.1, 0.15) is 13.8 Å². The molecule has 0 radical (unpaired) electrons. The Kier molecular flexibility index (Phi) is 5.24. The number of hydrogen-bond donors (Lipinski definition) is 0. The molecule has 0 aromatic carbocycles. The summed E-state index contributed by atoms with van der Waals surface area (Å²) in [6, 6.07) is 0.238. The van der Waals surface area contributed by atoms with Gasteiger partial charge in [-0.2, -0.15) is 4.31 Å². The van der Waals surface area contributed by atoms with Crippen molar-refractivity contribution in [3.8, 4) is 0 Å². The van der Waals surface area contributed by atoms with Crippen molar-refractivity contribution in [1.29, 1.82) is 0 Å². The molecule has 0 spiro atoms. The standard InChI is InChI=1S/C13H25N3O4S/c1-11-10-20-12(2)8-15(11)9-13(17)14-4-6-16(7-5-14)21(3,18)19/h11-12H,4-10H2,1-3H3. The summed E-state index contributed by atoms with van der Waals surface area (Å²) in [5.74, 6) is 0.0732. The lowest BCUT2D eigenvalue weighted by atomic mass is 10.2. The van der Waals surface area contributed by atoms with E-state index < -0.39 is 10.0 Å². The van der Waals surface area contributed by atoms with Crippen molar-refractivity contribution >= 4 is 15.9 Å². The highest BCUT2D eigenvalue weighted by Gasteiger charge is 2.29. The maximum atomic E-state index is 12.4. The van der Waals surface area contributed by atoms with Gasteiger partial charge in [-0.25, -0.2) is 8.42 Å². The Morgan fingerprint density at radius 2 is 1.81 bits per heavy atom. The van der Waals surface area contributed by atoms with Crippen LogP contribution in [-0.2, 0) is 19.6 Å². The molecule has 2 rings (SSSR count). The number of nitrogens with zero attached hydrogens (tertiary/aromatic N) is 3. The van der Waals surface area contributed by atoms with Crippen molar-refractivity contribution in [3.05, 3.63) is 0 Å². The van der Waals surface area contributed by atoms with Crippen LogP contribution >= 0.6 is 0 Å². The van der Waals surface area contributed by atoms with Crippen LogP contribution < -0.4 is 0 Å². The predicted molar refractivity (Wildman–Crippen MR) is 79.4 cm³/mol. The predicted octanol–water partition coefficient (Wildman–Crippen LogP) is -0.801. The van der Waals surface area contributed by atoms with Gasteiger partial charge in [0.2, 0.25) is 15.9 Å². The maximum absolute atomic E-state index is 12.4. The summed E-state index contributed by atoms with van der Waals surface area (Å²) in [6.45, 7) is 7.58. The number of sulfonamides is 1. The Morgan fingerprint density at radius 3 is 2.38 bits per heavy atom. The van der Waals surface area contributed by atoms with Gasteiger partial charge in [0, 0.05) is 38.8 Å². The molecule has 21 heavy (non-hydrogen) atoms. The molecule has 2 saturated heterocycles. The largest absolute Gasteiger partial charge is 0.376 e. The number of amides is 1. The van der Waals surface area contributed by atoms with E-state index in [2.05, 4.69) is 11.8 Å². The number of rotatable bonds is 3. The van der Waals surface area contributed by atoms with E-state index in [0.29, 0.717) is 39.3 Å². The third-order valence-electron chi connectivity index (χ3n) is 4.14. The zero-order valence-electron chi connectivity index (χ0n) is 13.0. The van der Waals surface area contributed by atoms with Crippen molar-refractivity contribution in [1.82, 2.24) is 14.1 Å². The normalized spacial score (nSPS) is 29.6. The average molecular weight is 319 g/mol. The van der Waals surface area contributed by atoms with Crippen LogP contribution in [0.15, 0.2) is 0 Å². The number of carbonyl (C=O) groups is 1. The van der Waals surface area contributed by atoms with Crippen LogP contribution in [0, 0.1) is 0 Å². The maximum Gasteiger partial charge on any atom is 0.236 e. The first kappa shape index (κ1) is 16.7. The van der Waals surface area contributed by atoms with Gasteiger partial charge in [0.15, 0.2) is 0 Å². The van der Waals surface area contributed by atoms with E-state index in [0.717, 1.165) is 6.54 Å². The molecule has 2 unspecified atom stereocenters. The van der Waals surface area contributed by atoms with Gasteiger partial charge in [0.05, 0.1) is 25.5 Å². The summed E-state index contributed by atoms with van der Waals surface area (Å²) >= 11 is 0. The average Bonchev–Trinajstić information content (AvgIpc) is 2.42. The summed E-state index contributed by atoms with van der Waals surface area (Å²) in [7, 11) is -3.15. The zero-order valence-corrected chi connectivity index (χ0v) is 13.8. The minimum absolute atomic E-state index is 0.0732. The molecule has 2 fully saturated rings. The third kappa shape index (κ3) is 4.38. The van der Waals surface area contributed by atoms with Gasteiger partial charge in [-0.15, -0.1) is 0 Å². The van der Waals surface area contributed by atoms with E-state index in [1.807, 2.05) is 6.92 Å². The van der Waals surface area contributed by atoms with Gasteiger partial charge >= 0.3 is 0 Å². The Bertz CT molecular complexity index is 474. The second-order valence-electron chi connectivity index (χ2n) is 5.97. The quantitative estimate of drug-likeness (QED) is 0.681. The number of morpholine rings is 1. The molecule has 0 bridgehead atoms. The number of ether oxygens (including phenoxy) is 1. The Morgan fingerprint density at radius 1 is 1.19 bits per heavy atom. The summed E-state index contributed by atoms with van der Waals surface area (Å²) in [5, 5.41) is 0. The first-order valence-electron chi connectivity index (χ1n) is 7.36. The molecule has 8 heteroatoms. The van der Waals surface area contributed by atoms with Crippen LogP contribution in [0.2, 0.25) is 0 Å². The number of piperazine rings is 1. The molecule has 0 aromatic heterocycles. The highest BCUT2D eigenvalue weighted by molar-refractivity contribution is 7.88. The first-order valence-corrected chi connectivity index (χ1v) is 9.20. The lowest BCUT2D eigenvalue weighted by molar-refractivity contribution is -0.137. The smallest absolute Gasteiger partial charge is 0.236 e. The lowest BCUT2D eigenvalue weighted by Gasteiger charge is -2.39. The van der Waals surface area contributed by atoms with E-state index in [4.69, 9.17) is 4.74 Å². The molecule has 2 heterocycles. The number of carbonyl (C=O) groups excluding carboxylic acids is 1. The SMILES string of the molecule is CC1CN(CC(=O)N2CCN(S(C)(=O)=O)CC2)C(C)CO1. The molecule has 0 saturated carbocycles. The molecule has 2 aliphatic rings. The van der Waals surface area contributed by atoms with E-state index >= 15 is 0 Å². The topological polar surface area (TPSA) is 70.2 Å². The zero-order chi connectivity index (χ0) is 15.6. The van der Waals surface area contributed by atoms with Gasteiger partial charge in [-0.1, -0.05) is 0 Å². The van der Waals surface area contributed by atoms with Gasteiger partial charge in [0.25, 0.3) is 0 Å². The fourth-order valence-electron chi connectivity index (χ4n) is 2.74. The summed E-state index contributed by atoms with van der Waals surface area (Å²) in [4.78, 5) is 16.2. The molecule has 2 atom stereocenters. The van der Waals surface area contributed by atoms with Gasteiger partial charge in [-0.05, 0) is 13.8 Å². The summed E-state index contributed by atoms with van der Waals surface area (Å²) in [5.41, 5.74) is 0. The molecule has 0 aliphatic carbocycles. The second-order valence-corrected chi connectivity index (χ2v) is 7.95. The second kappa shape index (κ2) is 6.60. The van der Waals surface area contributed by atoms with Gasteiger partial charge in [-0.3, -0.25) is 9.69 Å². The third-order valence-corrected chi connectivity index (χ3v) is 5.44. The molecule has 2 aliphatic heterocycles. The molecule has 0 aromatic rings. The fraction of sp³-hybridized carbons (Fsp3) is 0.923. The van der Waals surface area contributed by atoms with Crippen molar-refractivity contribution in [3.63, 3.8) is 0 Å². The first-order chi connectivity index (χ1) is 9.77. The molecule has 7 nitrogen and oxygen atoms in total. The molecule has 122 valence electrons. The fourth-order valence-corrected chi connectivity index (χ4v) is 3.56. The minimum Gasteiger partial charge on any atom is -0.376 e. The highest BCUT2D eigenvalue weighted by atomic mass is 32.2. The Hall–Kier alpha value is -0.700. The van der Waals surface area contributed by atoms with Crippen LogP contribution in [0.4, 0.5) is 0 Å². The van der Waals surface area contributed by atoms with E-state index in [-0.39, 0.29) is 18.1 Å². The van der Waals surface area contributed by atoms with Gasteiger partial charge in [0.1, 0.15) is 0 Å². The van der Waals surface area contributed by atoms with Crippen molar-refractivity contribution < 1.29 is 17.9 Å². The van der Waals surface area contributed by atoms with Crippen LogP contribution in [-0.4, -0.2) is 92.7 Å². The monoisotopic (exact) mass is 319 g/mol. The van der Waals surface area contributed by atoms with E-state index in [9.17, 15) is 13.2 Å². The Balaban J connectivity index is 1.85. The molecule has 1 amide bonds.